The molecule has 0 aliphatic heterocycles. The number of aliphatic hydroxyl groups excluding tert-OH is 1. The number of aliphatic hydroxyl groups is 1. The van der Waals surface area contributed by atoms with E-state index in [1.807, 2.05) is 6.92 Å². The van der Waals surface area contributed by atoms with E-state index in [9.17, 15) is 8.42 Å². The molecule has 1 aliphatic carbocycles. The first kappa shape index (κ1) is 13.9. The minimum absolute atomic E-state index is 0.0605. The molecule has 1 fully saturated rings. The number of hydrogen-bond donors (Lipinski definition) is 2. The van der Waals surface area contributed by atoms with Crippen molar-refractivity contribution in [2.75, 3.05) is 12.9 Å². The molecular formula is C11H23NO3S. The van der Waals surface area contributed by atoms with Crippen LogP contribution in [0.1, 0.15) is 39.0 Å². The maximum Gasteiger partial charge on any atom is 0.151 e. The number of nitrogens with one attached hydrogen (secondary N) is 1. The van der Waals surface area contributed by atoms with Crippen LogP contribution in [0.25, 0.3) is 0 Å². The van der Waals surface area contributed by atoms with Gasteiger partial charge in [0.05, 0.1) is 5.25 Å². The molecule has 0 spiro atoms. The fourth-order valence-corrected chi connectivity index (χ4v) is 3.85. The molecule has 0 amide bonds. The molecule has 0 aromatic carbocycles. The van der Waals surface area contributed by atoms with E-state index in [0.29, 0.717) is 6.42 Å². The first-order chi connectivity index (χ1) is 7.45. The van der Waals surface area contributed by atoms with E-state index in [2.05, 4.69) is 5.32 Å². The first-order valence-corrected chi connectivity index (χ1v) is 7.96. The van der Waals surface area contributed by atoms with Gasteiger partial charge in [-0.3, -0.25) is 0 Å². The summed E-state index contributed by atoms with van der Waals surface area (Å²) in [6.07, 6.45) is 5.79. The van der Waals surface area contributed by atoms with E-state index in [1.165, 1.54) is 6.26 Å². The molecule has 0 bridgehead atoms. The standard InChI is InChI=1S/C11H23NO3S/c1-9(7-8-13)12-10-5-3-4-6-11(10)16(2,14)15/h9-13H,3-8H2,1-2H3. The van der Waals surface area contributed by atoms with Crippen LogP contribution in [0.2, 0.25) is 0 Å². The van der Waals surface area contributed by atoms with Crippen molar-refractivity contribution in [1.82, 2.24) is 5.32 Å². The molecule has 4 nitrogen and oxygen atoms in total. The highest BCUT2D eigenvalue weighted by molar-refractivity contribution is 7.91. The number of rotatable bonds is 5. The molecule has 1 rings (SSSR count). The Morgan fingerprint density at radius 3 is 2.56 bits per heavy atom. The lowest BCUT2D eigenvalue weighted by Gasteiger charge is -2.33. The predicted molar refractivity (Wildman–Crippen MR) is 65.2 cm³/mol. The number of sulfone groups is 1. The van der Waals surface area contributed by atoms with Crippen molar-refractivity contribution < 1.29 is 13.5 Å². The fourth-order valence-electron chi connectivity index (χ4n) is 2.44. The Balaban J connectivity index is 2.61. The summed E-state index contributed by atoms with van der Waals surface area (Å²) >= 11 is 0. The van der Waals surface area contributed by atoms with Gasteiger partial charge in [-0.2, -0.15) is 0 Å². The van der Waals surface area contributed by atoms with Crippen LogP contribution in [-0.4, -0.2) is 43.7 Å². The van der Waals surface area contributed by atoms with Crippen molar-refractivity contribution in [2.24, 2.45) is 0 Å². The maximum absolute atomic E-state index is 11.6. The normalized spacial score (nSPS) is 28.9. The Morgan fingerprint density at radius 2 is 2.00 bits per heavy atom. The van der Waals surface area contributed by atoms with Crippen molar-refractivity contribution in [3.05, 3.63) is 0 Å². The molecule has 0 heterocycles. The second-order valence-electron chi connectivity index (χ2n) is 4.84. The third-order valence-electron chi connectivity index (χ3n) is 3.31. The predicted octanol–water partition coefficient (Wildman–Crippen LogP) is 0.703. The largest absolute Gasteiger partial charge is 0.396 e. The van der Waals surface area contributed by atoms with Crippen molar-refractivity contribution in [3.63, 3.8) is 0 Å². The zero-order valence-electron chi connectivity index (χ0n) is 10.1. The molecule has 5 heteroatoms. The Hall–Kier alpha value is -0.130. The third kappa shape index (κ3) is 4.03. The summed E-state index contributed by atoms with van der Waals surface area (Å²) in [5, 5.41) is 11.9. The molecule has 0 aromatic heterocycles. The van der Waals surface area contributed by atoms with Crippen LogP contribution in [0.4, 0.5) is 0 Å². The van der Waals surface area contributed by atoms with Crippen LogP contribution in [0.5, 0.6) is 0 Å². The molecule has 0 aromatic rings. The van der Waals surface area contributed by atoms with Gasteiger partial charge in [0.15, 0.2) is 9.84 Å². The van der Waals surface area contributed by atoms with Gasteiger partial charge in [0.25, 0.3) is 0 Å². The molecular weight excluding hydrogens is 226 g/mol. The number of hydrogen-bond acceptors (Lipinski definition) is 4. The Kier molecular flexibility index (Phi) is 5.21. The molecule has 1 aliphatic rings. The van der Waals surface area contributed by atoms with Crippen molar-refractivity contribution in [3.8, 4) is 0 Å². The second kappa shape index (κ2) is 5.98. The average Bonchev–Trinajstić information content (AvgIpc) is 2.17. The van der Waals surface area contributed by atoms with Gasteiger partial charge in [-0.25, -0.2) is 8.42 Å². The van der Waals surface area contributed by atoms with E-state index in [0.717, 1.165) is 25.7 Å². The first-order valence-electron chi connectivity index (χ1n) is 6.01. The molecule has 3 unspecified atom stereocenters. The van der Waals surface area contributed by atoms with Gasteiger partial charge in [0, 0.05) is 24.9 Å². The van der Waals surface area contributed by atoms with Gasteiger partial charge in [0.2, 0.25) is 0 Å². The van der Waals surface area contributed by atoms with E-state index in [-0.39, 0.29) is 23.9 Å². The zero-order chi connectivity index (χ0) is 12.2. The van der Waals surface area contributed by atoms with Gasteiger partial charge in [-0.05, 0) is 26.2 Å². The summed E-state index contributed by atoms with van der Waals surface area (Å²) in [6, 6.07) is 0.239. The van der Waals surface area contributed by atoms with Crippen LogP contribution in [0.15, 0.2) is 0 Å². The summed E-state index contributed by atoms with van der Waals surface area (Å²) in [5.41, 5.74) is 0. The van der Waals surface area contributed by atoms with Crippen LogP contribution in [0.3, 0.4) is 0 Å². The van der Waals surface area contributed by atoms with Gasteiger partial charge in [0.1, 0.15) is 0 Å². The van der Waals surface area contributed by atoms with E-state index < -0.39 is 9.84 Å². The summed E-state index contributed by atoms with van der Waals surface area (Å²) in [5.74, 6) is 0. The van der Waals surface area contributed by atoms with Gasteiger partial charge in [-0.1, -0.05) is 12.8 Å². The van der Waals surface area contributed by atoms with Crippen LogP contribution in [0, 0.1) is 0 Å². The maximum atomic E-state index is 11.6. The highest BCUT2D eigenvalue weighted by Crippen LogP contribution is 2.24. The minimum atomic E-state index is -2.96. The second-order valence-corrected chi connectivity index (χ2v) is 7.10. The van der Waals surface area contributed by atoms with Crippen molar-refractivity contribution in [2.45, 2.75) is 56.4 Å². The molecule has 0 radical (unpaired) electrons. The zero-order valence-corrected chi connectivity index (χ0v) is 11.0. The highest BCUT2D eigenvalue weighted by Gasteiger charge is 2.32. The van der Waals surface area contributed by atoms with E-state index >= 15 is 0 Å². The molecule has 0 saturated heterocycles. The monoisotopic (exact) mass is 249 g/mol. The van der Waals surface area contributed by atoms with Crippen molar-refractivity contribution >= 4 is 9.84 Å². The van der Waals surface area contributed by atoms with Crippen LogP contribution >= 0.6 is 0 Å². The lowest BCUT2D eigenvalue weighted by Crippen LogP contribution is -2.49. The molecule has 2 N–H and O–H groups in total. The third-order valence-corrected chi connectivity index (χ3v) is 4.98. The lowest BCUT2D eigenvalue weighted by molar-refractivity contribution is 0.254. The minimum Gasteiger partial charge on any atom is -0.396 e. The van der Waals surface area contributed by atoms with Gasteiger partial charge in [-0.15, -0.1) is 0 Å². The fraction of sp³-hybridized carbons (Fsp3) is 1.00. The van der Waals surface area contributed by atoms with Crippen molar-refractivity contribution in [1.29, 1.82) is 0 Å². The summed E-state index contributed by atoms with van der Waals surface area (Å²) in [4.78, 5) is 0. The average molecular weight is 249 g/mol. The molecule has 3 atom stereocenters. The lowest BCUT2D eigenvalue weighted by atomic mass is 9.94. The summed E-state index contributed by atoms with van der Waals surface area (Å²) in [7, 11) is -2.96. The van der Waals surface area contributed by atoms with Gasteiger partial charge < -0.3 is 10.4 Å². The smallest absolute Gasteiger partial charge is 0.151 e. The van der Waals surface area contributed by atoms with Gasteiger partial charge >= 0.3 is 0 Å². The van der Waals surface area contributed by atoms with Crippen LogP contribution < -0.4 is 5.32 Å². The SMILES string of the molecule is CC(CCO)NC1CCCCC1S(C)(=O)=O. The summed E-state index contributed by atoms with van der Waals surface area (Å²) < 4.78 is 23.3. The Labute approximate surface area is 98.4 Å². The van der Waals surface area contributed by atoms with E-state index in [1.54, 1.807) is 0 Å². The Morgan fingerprint density at radius 1 is 1.38 bits per heavy atom. The highest BCUT2D eigenvalue weighted by atomic mass is 32.2. The molecule has 16 heavy (non-hydrogen) atoms. The summed E-state index contributed by atoms with van der Waals surface area (Å²) in [6.45, 7) is 2.13. The topological polar surface area (TPSA) is 66.4 Å². The van der Waals surface area contributed by atoms with E-state index in [4.69, 9.17) is 5.11 Å². The quantitative estimate of drug-likeness (QED) is 0.753. The van der Waals surface area contributed by atoms with Crippen LogP contribution in [-0.2, 0) is 9.84 Å². The molecule has 96 valence electrons. The Bertz CT molecular complexity index is 302. The molecule has 1 saturated carbocycles.